The maximum atomic E-state index is 11.8. The molecule has 2 unspecified atom stereocenters. The molecule has 5 heteroatoms. The summed E-state index contributed by atoms with van der Waals surface area (Å²) < 4.78 is 0. The molecule has 5 nitrogen and oxygen atoms in total. The summed E-state index contributed by atoms with van der Waals surface area (Å²) in [6.45, 7) is 5.40. The Morgan fingerprint density at radius 3 is 2.89 bits per heavy atom. The van der Waals surface area contributed by atoms with E-state index in [-0.39, 0.29) is 23.9 Å². The number of hydrogen-bond donors (Lipinski definition) is 2. The van der Waals surface area contributed by atoms with Gasteiger partial charge in [-0.05, 0) is 19.8 Å². The Bertz CT molecular complexity index is 294. The summed E-state index contributed by atoms with van der Waals surface area (Å²) in [4.78, 5) is 24.9. The second kappa shape index (κ2) is 7.36. The topological polar surface area (TPSA) is 61.4 Å². The normalized spacial score (nSPS) is 21.8. The van der Waals surface area contributed by atoms with E-state index in [9.17, 15) is 9.59 Å². The van der Waals surface area contributed by atoms with Gasteiger partial charge in [0.25, 0.3) is 0 Å². The number of piperidine rings is 1. The Morgan fingerprint density at radius 2 is 2.28 bits per heavy atom. The van der Waals surface area contributed by atoms with E-state index in [1.54, 1.807) is 4.90 Å². The maximum Gasteiger partial charge on any atom is 0.236 e. The van der Waals surface area contributed by atoms with E-state index in [2.05, 4.69) is 17.6 Å². The van der Waals surface area contributed by atoms with Gasteiger partial charge in [0.1, 0.15) is 0 Å². The molecular weight excluding hydrogens is 230 g/mol. The van der Waals surface area contributed by atoms with E-state index in [1.165, 1.54) is 0 Å². The summed E-state index contributed by atoms with van der Waals surface area (Å²) >= 11 is 0. The molecule has 0 aliphatic carbocycles. The van der Waals surface area contributed by atoms with Gasteiger partial charge < -0.3 is 15.5 Å². The first-order valence-corrected chi connectivity index (χ1v) is 6.82. The number of amides is 2. The van der Waals surface area contributed by atoms with Crippen LogP contribution in [0.25, 0.3) is 0 Å². The highest BCUT2D eigenvalue weighted by molar-refractivity contribution is 5.81. The summed E-state index contributed by atoms with van der Waals surface area (Å²) in [5.74, 6) is 0.233. The lowest BCUT2D eigenvalue weighted by Gasteiger charge is -2.31. The molecule has 1 heterocycles. The molecule has 18 heavy (non-hydrogen) atoms. The van der Waals surface area contributed by atoms with E-state index in [4.69, 9.17) is 0 Å². The smallest absolute Gasteiger partial charge is 0.236 e. The fourth-order valence-electron chi connectivity index (χ4n) is 2.12. The Balaban J connectivity index is 2.28. The van der Waals surface area contributed by atoms with Crippen LogP contribution < -0.4 is 10.6 Å². The third-order valence-electron chi connectivity index (χ3n) is 3.34. The maximum absolute atomic E-state index is 11.8. The van der Waals surface area contributed by atoms with Crippen molar-refractivity contribution in [3.63, 3.8) is 0 Å². The van der Waals surface area contributed by atoms with Crippen molar-refractivity contribution in [1.82, 2.24) is 15.5 Å². The summed E-state index contributed by atoms with van der Waals surface area (Å²) in [6.07, 6.45) is 3.48. The fraction of sp³-hybridized carbons (Fsp3) is 0.846. The van der Waals surface area contributed by atoms with Gasteiger partial charge in [0.05, 0.1) is 6.04 Å². The van der Waals surface area contributed by atoms with Gasteiger partial charge in [-0.2, -0.15) is 0 Å². The van der Waals surface area contributed by atoms with Crippen molar-refractivity contribution in [3.05, 3.63) is 0 Å². The fourth-order valence-corrected chi connectivity index (χ4v) is 2.12. The molecular formula is C13H25N3O2. The molecule has 2 amide bonds. The molecule has 0 radical (unpaired) electrons. The predicted molar refractivity (Wildman–Crippen MR) is 71.2 cm³/mol. The molecule has 104 valence electrons. The largest absolute Gasteiger partial charge is 0.355 e. The molecule has 1 saturated heterocycles. The minimum absolute atomic E-state index is 0.0444. The number of carbonyl (C=O) groups excluding carboxylic acids is 2. The molecule has 0 aromatic rings. The standard InChI is InChI=1S/C13H25N3O2/c1-4-5-8-14-13(18)10(2)15-11-6-7-12(17)16(3)9-11/h10-11,15H,4-9H2,1-3H3,(H,14,18). The molecule has 2 atom stereocenters. The molecule has 0 saturated carbocycles. The Hall–Kier alpha value is -1.10. The van der Waals surface area contributed by atoms with Crippen LogP contribution in [-0.4, -0.2) is 48.9 Å². The summed E-state index contributed by atoms with van der Waals surface area (Å²) in [6, 6.07) is 0.0214. The molecule has 0 aromatic heterocycles. The zero-order valence-electron chi connectivity index (χ0n) is 11.7. The van der Waals surface area contributed by atoms with Crippen LogP contribution in [0.15, 0.2) is 0 Å². The second-order valence-electron chi connectivity index (χ2n) is 5.04. The predicted octanol–water partition coefficient (Wildman–Crippen LogP) is 0.502. The van der Waals surface area contributed by atoms with Crippen LogP contribution in [0.1, 0.15) is 39.5 Å². The van der Waals surface area contributed by atoms with E-state index in [0.717, 1.165) is 25.8 Å². The third kappa shape index (κ3) is 4.64. The first kappa shape index (κ1) is 15.0. The molecule has 1 aliphatic rings. The zero-order valence-corrected chi connectivity index (χ0v) is 11.7. The van der Waals surface area contributed by atoms with Crippen molar-refractivity contribution in [3.8, 4) is 0 Å². The van der Waals surface area contributed by atoms with Crippen LogP contribution in [-0.2, 0) is 9.59 Å². The number of hydrogen-bond acceptors (Lipinski definition) is 3. The highest BCUT2D eigenvalue weighted by Crippen LogP contribution is 2.10. The average Bonchev–Trinajstić information content (AvgIpc) is 2.34. The lowest BCUT2D eigenvalue weighted by molar-refractivity contribution is -0.132. The first-order valence-electron chi connectivity index (χ1n) is 6.82. The minimum atomic E-state index is -0.201. The Kier molecular flexibility index (Phi) is 6.12. The Morgan fingerprint density at radius 1 is 1.56 bits per heavy atom. The Labute approximate surface area is 109 Å². The lowest BCUT2D eigenvalue weighted by atomic mass is 10.0. The van der Waals surface area contributed by atoms with Crippen molar-refractivity contribution in [2.24, 2.45) is 0 Å². The molecule has 2 N–H and O–H groups in total. The van der Waals surface area contributed by atoms with Gasteiger partial charge in [-0.25, -0.2) is 0 Å². The molecule has 1 fully saturated rings. The van der Waals surface area contributed by atoms with Gasteiger partial charge in [0, 0.05) is 32.6 Å². The molecule has 0 bridgehead atoms. The SMILES string of the molecule is CCCCNC(=O)C(C)NC1CCC(=O)N(C)C1. The average molecular weight is 255 g/mol. The van der Waals surface area contributed by atoms with Crippen molar-refractivity contribution in [2.45, 2.75) is 51.6 Å². The van der Waals surface area contributed by atoms with E-state index < -0.39 is 0 Å². The van der Waals surface area contributed by atoms with Crippen LogP contribution in [0.4, 0.5) is 0 Å². The number of likely N-dealkylation sites (N-methyl/N-ethyl adjacent to an activating group) is 1. The van der Waals surface area contributed by atoms with Crippen LogP contribution in [0, 0.1) is 0 Å². The van der Waals surface area contributed by atoms with E-state index >= 15 is 0 Å². The number of carbonyl (C=O) groups is 2. The highest BCUT2D eigenvalue weighted by atomic mass is 16.2. The number of rotatable bonds is 6. The van der Waals surface area contributed by atoms with Gasteiger partial charge in [-0.3, -0.25) is 9.59 Å². The summed E-state index contributed by atoms with van der Waals surface area (Å²) in [5, 5.41) is 6.20. The van der Waals surface area contributed by atoms with E-state index in [0.29, 0.717) is 13.0 Å². The molecule has 1 aliphatic heterocycles. The number of nitrogens with one attached hydrogen (secondary N) is 2. The van der Waals surface area contributed by atoms with Crippen molar-refractivity contribution in [2.75, 3.05) is 20.1 Å². The molecule has 1 rings (SSSR count). The van der Waals surface area contributed by atoms with Crippen LogP contribution in [0.3, 0.4) is 0 Å². The summed E-state index contributed by atoms with van der Waals surface area (Å²) in [5.41, 5.74) is 0. The second-order valence-corrected chi connectivity index (χ2v) is 5.04. The van der Waals surface area contributed by atoms with Crippen LogP contribution >= 0.6 is 0 Å². The van der Waals surface area contributed by atoms with Gasteiger partial charge in [-0.1, -0.05) is 13.3 Å². The molecule has 0 aromatic carbocycles. The first-order chi connectivity index (χ1) is 8.54. The minimum Gasteiger partial charge on any atom is -0.355 e. The van der Waals surface area contributed by atoms with Crippen molar-refractivity contribution < 1.29 is 9.59 Å². The van der Waals surface area contributed by atoms with Crippen molar-refractivity contribution >= 4 is 11.8 Å². The number of likely N-dealkylation sites (tertiary alicyclic amines) is 1. The quantitative estimate of drug-likeness (QED) is 0.680. The van der Waals surface area contributed by atoms with Gasteiger partial charge in [0.15, 0.2) is 0 Å². The third-order valence-corrected chi connectivity index (χ3v) is 3.34. The number of nitrogens with zero attached hydrogens (tertiary/aromatic N) is 1. The van der Waals surface area contributed by atoms with Gasteiger partial charge >= 0.3 is 0 Å². The molecule has 0 spiro atoms. The van der Waals surface area contributed by atoms with Crippen LogP contribution in [0.2, 0.25) is 0 Å². The lowest BCUT2D eigenvalue weighted by Crippen LogP contribution is -2.53. The van der Waals surface area contributed by atoms with Crippen molar-refractivity contribution in [1.29, 1.82) is 0 Å². The van der Waals surface area contributed by atoms with Crippen LogP contribution in [0.5, 0.6) is 0 Å². The monoisotopic (exact) mass is 255 g/mol. The van der Waals surface area contributed by atoms with E-state index in [1.807, 2.05) is 14.0 Å². The zero-order chi connectivity index (χ0) is 13.5. The summed E-state index contributed by atoms with van der Waals surface area (Å²) in [7, 11) is 1.81. The van der Waals surface area contributed by atoms with Gasteiger partial charge in [-0.15, -0.1) is 0 Å². The van der Waals surface area contributed by atoms with Gasteiger partial charge in [0.2, 0.25) is 11.8 Å². The number of unbranched alkanes of at least 4 members (excludes halogenated alkanes) is 1. The highest BCUT2D eigenvalue weighted by Gasteiger charge is 2.25.